The average Bonchev–Trinajstić information content (AvgIpc) is 2.53. The molecule has 0 amide bonds. The number of hydrogen-bond acceptors (Lipinski definition) is 0. The topological polar surface area (TPSA) is 0 Å². The van der Waals surface area contributed by atoms with Gasteiger partial charge in [0.25, 0.3) is 0 Å². The fraction of sp³-hybridized carbons (Fsp3) is 0.600. The van der Waals surface area contributed by atoms with E-state index in [2.05, 4.69) is 31.2 Å². The molecule has 1 fully saturated rings. The van der Waals surface area contributed by atoms with Crippen molar-refractivity contribution in [3.05, 3.63) is 47.3 Å². The Balaban J connectivity index is 1.76. The van der Waals surface area contributed by atoms with E-state index < -0.39 is 17.9 Å². The second-order valence-corrected chi connectivity index (χ2v) is 6.89. The lowest BCUT2D eigenvalue weighted by Crippen LogP contribution is -2.17. The zero-order valence-electron chi connectivity index (χ0n) is 14.2. The molecule has 0 atom stereocenters. The van der Waals surface area contributed by atoms with E-state index in [1.165, 1.54) is 11.1 Å². The molecular formula is C20H26F4. The smallest absolute Gasteiger partial charge is 0.212 e. The summed E-state index contributed by atoms with van der Waals surface area (Å²) in [5.41, 5.74) is 2.66. The Bertz CT molecular complexity index is 520. The SMILES string of the molecule is CCCc1ccc(CCC2CCC(/C(F)=C/C(F)(F)F)CC2)cc1. The average molecular weight is 342 g/mol. The first-order valence-electron chi connectivity index (χ1n) is 8.90. The van der Waals surface area contributed by atoms with Crippen LogP contribution >= 0.6 is 0 Å². The zero-order valence-corrected chi connectivity index (χ0v) is 14.2. The largest absolute Gasteiger partial charge is 0.412 e. The first-order chi connectivity index (χ1) is 11.4. The molecule has 1 saturated carbocycles. The van der Waals surface area contributed by atoms with Crippen LogP contribution in [0.3, 0.4) is 0 Å². The molecule has 0 heterocycles. The minimum atomic E-state index is -4.55. The van der Waals surface area contributed by atoms with E-state index in [-0.39, 0.29) is 6.08 Å². The van der Waals surface area contributed by atoms with E-state index in [4.69, 9.17) is 0 Å². The van der Waals surface area contributed by atoms with Gasteiger partial charge in [-0.05, 0) is 62.0 Å². The van der Waals surface area contributed by atoms with Crippen molar-refractivity contribution in [2.24, 2.45) is 11.8 Å². The normalized spacial score (nSPS) is 22.6. The third kappa shape index (κ3) is 6.29. The van der Waals surface area contributed by atoms with E-state index in [0.717, 1.165) is 38.5 Å². The molecule has 4 heteroatoms. The number of alkyl halides is 3. The molecule has 0 aromatic heterocycles. The van der Waals surface area contributed by atoms with Gasteiger partial charge < -0.3 is 0 Å². The molecule has 0 aliphatic heterocycles. The lowest BCUT2D eigenvalue weighted by atomic mass is 9.79. The molecule has 0 N–H and O–H groups in total. The van der Waals surface area contributed by atoms with Crippen LogP contribution in [0.2, 0.25) is 0 Å². The van der Waals surface area contributed by atoms with Crippen molar-refractivity contribution in [1.82, 2.24) is 0 Å². The summed E-state index contributed by atoms with van der Waals surface area (Å²) >= 11 is 0. The van der Waals surface area contributed by atoms with Gasteiger partial charge in [-0.15, -0.1) is 0 Å². The van der Waals surface area contributed by atoms with E-state index in [1.54, 1.807) is 0 Å². The van der Waals surface area contributed by atoms with Gasteiger partial charge in [0, 0.05) is 5.92 Å². The number of aryl methyl sites for hydroxylation is 2. The van der Waals surface area contributed by atoms with Crippen LogP contribution in [0.25, 0.3) is 0 Å². The highest BCUT2D eigenvalue weighted by Gasteiger charge is 2.30. The Morgan fingerprint density at radius 2 is 1.54 bits per heavy atom. The molecule has 1 aromatic rings. The van der Waals surface area contributed by atoms with Crippen molar-refractivity contribution < 1.29 is 17.6 Å². The van der Waals surface area contributed by atoms with Crippen LogP contribution in [0.5, 0.6) is 0 Å². The Morgan fingerprint density at radius 3 is 2.04 bits per heavy atom. The monoisotopic (exact) mass is 342 g/mol. The van der Waals surface area contributed by atoms with Gasteiger partial charge >= 0.3 is 6.18 Å². The third-order valence-corrected chi connectivity index (χ3v) is 4.94. The summed E-state index contributed by atoms with van der Waals surface area (Å²) in [6.07, 6.45) is 2.23. The summed E-state index contributed by atoms with van der Waals surface area (Å²) in [6, 6.07) is 8.69. The van der Waals surface area contributed by atoms with Crippen LogP contribution in [0, 0.1) is 11.8 Å². The highest BCUT2D eigenvalue weighted by atomic mass is 19.4. The molecule has 0 unspecified atom stereocenters. The maximum Gasteiger partial charge on any atom is 0.412 e. The molecule has 0 bridgehead atoms. The minimum absolute atomic E-state index is 0.171. The Kier molecular flexibility index (Phi) is 6.88. The Morgan fingerprint density at radius 1 is 1.00 bits per heavy atom. The highest BCUT2D eigenvalue weighted by Crippen LogP contribution is 2.37. The summed E-state index contributed by atoms with van der Waals surface area (Å²) in [7, 11) is 0. The fourth-order valence-electron chi connectivity index (χ4n) is 3.53. The summed E-state index contributed by atoms with van der Waals surface area (Å²) in [5, 5.41) is 0. The molecule has 2 rings (SSSR count). The Hall–Kier alpha value is -1.32. The lowest BCUT2D eigenvalue weighted by Gasteiger charge is -2.27. The van der Waals surface area contributed by atoms with Gasteiger partial charge in [0.05, 0.1) is 6.08 Å². The summed E-state index contributed by atoms with van der Waals surface area (Å²) < 4.78 is 50.2. The van der Waals surface area contributed by atoms with Crippen molar-refractivity contribution in [2.75, 3.05) is 0 Å². The van der Waals surface area contributed by atoms with Crippen LogP contribution in [0.4, 0.5) is 17.6 Å². The predicted molar refractivity (Wildman–Crippen MR) is 89.5 cm³/mol. The molecule has 0 saturated heterocycles. The van der Waals surface area contributed by atoms with Gasteiger partial charge in [-0.3, -0.25) is 0 Å². The number of hydrogen-bond donors (Lipinski definition) is 0. The molecule has 0 radical (unpaired) electrons. The standard InChI is InChI=1S/C20H26F4/c1-2-3-15-4-6-16(7-5-15)8-9-17-10-12-18(13-11-17)19(21)14-20(22,23)24/h4-7,14,17-18H,2-3,8-13H2,1H3/b19-14-. The number of halogens is 4. The van der Waals surface area contributed by atoms with Crippen molar-refractivity contribution in [3.63, 3.8) is 0 Å². The predicted octanol–water partition coefficient (Wildman–Crippen LogP) is 6.79. The molecule has 134 valence electrons. The van der Waals surface area contributed by atoms with Crippen LogP contribution in [0.1, 0.15) is 56.6 Å². The third-order valence-electron chi connectivity index (χ3n) is 4.94. The Labute approximate surface area is 142 Å². The van der Waals surface area contributed by atoms with Gasteiger partial charge in [-0.25, -0.2) is 4.39 Å². The number of rotatable bonds is 6. The molecule has 24 heavy (non-hydrogen) atoms. The van der Waals surface area contributed by atoms with E-state index in [1.807, 2.05) is 0 Å². The number of benzene rings is 1. The minimum Gasteiger partial charge on any atom is -0.212 e. The summed E-state index contributed by atoms with van der Waals surface area (Å²) in [5.74, 6) is -1.04. The first-order valence-corrected chi connectivity index (χ1v) is 8.90. The molecular weight excluding hydrogens is 316 g/mol. The quantitative estimate of drug-likeness (QED) is 0.499. The van der Waals surface area contributed by atoms with Crippen LogP contribution < -0.4 is 0 Å². The molecule has 1 aliphatic carbocycles. The lowest BCUT2D eigenvalue weighted by molar-refractivity contribution is -0.0821. The van der Waals surface area contributed by atoms with Crippen molar-refractivity contribution in [1.29, 1.82) is 0 Å². The molecule has 1 aliphatic rings. The first kappa shape index (κ1) is 19.0. The second-order valence-electron chi connectivity index (χ2n) is 6.89. The van der Waals surface area contributed by atoms with Crippen LogP contribution in [-0.2, 0) is 12.8 Å². The van der Waals surface area contributed by atoms with Gasteiger partial charge in [-0.2, -0.15) is 13.2 Å². The van der Waals surface area contributed by atoms with Crippen molar-refractivity contribution >= 4 is 0 Å². The van der Waals surface area contributed by atoms with Crippen molar-refractivity contribution in [2.45, 2.75) is 64.5 Å². The van der Waals surface area contributed by atoms with Gasteiger partial charge in [0.1, 0.15) is 5.83 Å². The van der Waals surface area contributed by atoms with E-state index in [9.17, 15) is 17.6 Å². The van der Waals surface area contributed by atoms with Gasteiger partial charge in [0.2, 0.25) is 0 Å². The zero-order chi connectivity index (χ0) is 17.6. The summed E-state index contributed by atoms with van der Waals surface area (Å²) in [4.78, 5) is 0. The van der Waals surface area contributed by atoms with Crippen molar-refractivity contribution in [3.8, 4) is 0 Å². The molecule has 0 spiro atoms. The highest BCUT2D eigenvalue weighted by molar-refractivity contribution is 5.22. The van der Waals surface area contributed by atoms with Crippen LogP contribution in [-0.4, -0.2) is 6.18 Å². The molecule has 0 nitrogen and oxygen atoms in total. The van der Waals surface area contributed by atoms with Gasteiger partial charge in [-0.1, -0.05) is 37.6 Å². The van der Waals surface area contributed by atoms with E-state index >= 15 is 0 Å². The fourth-order valence-corrected chi connectivity index (χ4v) is 3.53. The summed E-state index contributed by atoms with van der Waals surface area (Å²) in [6.45, 7) is 2.16. The second kappa shape index (κ2) is 8.68. The number of allylic oxidation sites excluding steroid dienone is 2. The maximum absolute atomic E-state index is 13.6. The van der Waals surface area contributed by atoms with Gasteiger partial charge in [0.15, 0.2) is 0 Å². The van der Waals surface area contributed by atoms with Crippen LogP contribution in [0.15, 0.2) is 36.2 Å². The van der Waals surface area contributed by atoms with E-state index in [0.29, 0.717) is 18.8 Å². The molecule has 1 aromatic carbocycles. The maximum atomic E-state index is 13.6.